The minimum Gasteiger partial charge on any atom is -0.340 e. The van der Waals surface area contributed by atoms with E-state index in [4.69, 9.17) is 0 Å². The SMILES string of the molecule is O=C(N[C@@H](CCCN[C@@H]1C[C@H]1c1ccc(F)cc1)C(=O)N1CCS(=O)(=O)CC1)c1ccc(-n2cnnc2)cc1. The summed E-state index contributed by atoms with van der Waals surface area (Å²) in [5.74, 6) is -0.691. The van der Waals surface area contributed by atoms with E-state index in [1.807, 2.05) is 12.1 Å². The van der Waals surface area contributed by atoms with E-state index in [1.165, 1.54) is 17.0 Å². The fourth-order valence-corrected chi connectivity index (χ4v) is 6.06. The standard InChI is InChI=1S/C27H31FN6O4S/c28-21-7-3-19(4-8-21)23-16-25(23)29-11-1-2-24(27(36)33-12-14-39(37,38)15-13-33)32-26(35)20-5-9-22(10-6-20)34-17-30-31-18-34/h3-10,17-18,23-25,29H,1-2,11-16H2,(H,32,35)/t23-,24-,25+/m0/s1. The van der Waals surface area contributed by atoms with Gasteiger partial charge in [0.1, 0.15) is 24.5 Å². The molecular weight excluding hydrogens is 523 g/mol. The van der Waals surface area contributed by atoms with Gasteiger partial charge < -0.3 is 15.5 Å². The van der Waals surface area contributed by atoms with Crippen LogP contribution in [0.1, 0.15) is 41.1 Å². The molecular formula is C27H31FN6O4S. The molecule has 2 N–H and O–H groups in total. The molecule has 5 rings (SSSR count). The number of aromatic nitrogens is 3. The van der Waals surface area contributed by atoms with Crippen molar-refractivity contribution in [3.8, 4) is 5.69 Å². The Kier molecular flexibility index (Phi) is 8.03. The monoisotopic (exact) mass is 554 g/mol. The molecule has 1 aliphatic heterocycles. The number of rotatable bonds is 10. The molecule has 12 heteroatoms. The van der Waals surface area contributed by atoms with Crippen LogP contribution in [0.4, 0.5) is 4.39 Å². The van der Waals surface area contributed by atoms with Crippen molar-refractivity contribution < 1.29 is 22.4 Å². The van der Waals surface area contributed by atoms with Gasteiger partial charge in [0.25, 0.3) is 5.91 Å². The zero-order valence-corrected chi connectivity index (χ0v) is 22.2. The molecule has 1 saturated heterocycles. The van der Waals surface area contributed by atoms with Crippen molar-refractivity contribution in [2.24, 2.45) is 0 Å². The lowest BCUT2D eigenvalue weighted by Crippen LogP contribution is -2.53. The molecule has 0 radical (unpaired) electrons. The third-order valence-electron chi connectivity index (χ3n) is 7.27. The first-order valence-corrected chi connectivity index (χ1v) is 14.9. The van der Waals surface area contributed by atoms with Crippen LogP contribution in [-0.4, -0.2) is 83.1 Å². The minimum atomic E-state index is -3.14. The van der Waals surface area contributed by atoms with Crippen molar-refractivity contribution in [3.63, 3.8) is 0 Å². The van der Waals surface area contributed by atoms with Crippen LogP contribution in [0.25, 0.3) is 5.69 Å². The Labute approximate surface area is 226 Å². The molecule has 3 aromatic rings. The highest BCUT2D eigenvalue weighted by molar-refractivity contribution is 7.91. The van der Waals surface area contributed by atoms with Gasteiger partial charge in [-0.05, 0) is 67.8 Å². The molecule has 1 saturated carbocycles. The highest BCUT2D eigenvalue weighted by atomic mass is 32.2. The molecule has 1 aliphatic carbocycles. The largest absolute Gasteiger partial charge is 0.340 e. The average molecular weight is 555 g/mol. The van der Waals surface area contributed by atoms with E-state index in [1.54, 1.807) is 41.5 Å². The molecule has 2 heterocycles. The molecule has 10 nitrogen and oxygen atoms in total. The predicted octanol–water partition coefficient (Wildman–Crippen LogP) is 1.69. The molecule has 0 spiro atoms. The van der Waals surface area contributed by atoms with Crippen molar-refractivity contribution in [1.29, 1.82) is 0 Å². The van der Waals surface area contributed by atoms with Gasteiger partial charge in [0, 0.05) is 36.3 Å². The van der Waals surface area contributed by atoms with Crippen LogP contribution in [0, 0.1) is 5.82 Å². The van der Waals surface area contributed by atoms with Gasteiger partial charge >= 0.3 is 0 Å². The van der Waals surface area contributed by atoms with Gasteiger partial charge in [-0.15, -0.1) is 10.2 Å². The number of benzene rings is 2. The minimum absolute atomic E-state index is 0.0714. The fraction of sp³-hybridized carbons (Fsp3) is 0.407. The summed E-state index contributed by atoms with van der Waals surface area (Å²) in [4.78, 5) is 27.9. The molecule has 0 bridgehead atoms. The lowest BCUT2D eigenvalue weighted by atomic mass is 10.1. The molecule has 2 aromatic carbocycles. The van der Waals surface area contributed by atoms with Gasteiger partial charge in [0.05, 0.1) is 11.5 Å². The van der Waals surface area contributed by atoms with Crippen molar-refractivity contribution in [1.82, 2.24) is 30.3 Å². The number of hydrogen-bond donors (Lipinski definition) is 2. The highest BCUT2D eigenvalue weighted by Crippen LogP contribution is 2.40. The smallest absolute Gasteiger partial charge is 0.251 e. The average Bonchev–Trinajstić information content (AvgIpc) is 3.49. The lowest BCUT2D eigenvalue weighted by Gasteiger charge is -2.30. The Morgan fingerprint density at radius 2 is 1.67 bits per heavy atom. The van der Waals surface area contributed by atoms with Crippen LogP contribution in [0.15, 0.2) is 61.2 Å². The van der Waals surface area contributed by atoms with Crippen LogP contribution in [-0.2, 0) is 14.6 Å². The summed E-state index contributed by atoms with van der Waals surface area (Å²) in [5, 5.41) is 13.9. The third-order valence-corrected chi connectivity index (χ3v) is 8.88. The van der Waals surface area contributed by atoms with Gasteiger partial charge in [-0.1, -0.05) is 12.1 Å². The normalized spacial score (nSPS) is 20.8. The fourth-order valence-electron chi connectivity index (χ4n) is 4.86. The van der Waals surface area contributed by atoms with E-state index in [9.17, 15) is 22.4 Å². The van der Waals surface area contributed by atoms with E-state index >= 15 is 0 Å². The maximum Gasteiger partial charge on any atom is 0.251 e. The first-order chi connectivity index (χ1) is 18.8. The summed E-state index contributed by atoms with van der Waals surface area (Å²) in [6, 6.07) is 13.0. The molecule has 206 valence electrons. The Morgan fingerprint density at radius 1 is 1.00 bits per heavy atom. The van der Waals surface area contributed by atoms with Gasteiger partial charge in [-0.3, -0.25) is 14.2 Å². The zero-order chi connectivity index (χ0) is 27.4. The summed E-state index contributed by atoms with van der Waals surface area (Å²) in [6.07, 6.45) is 5.13. The lowest BCUT2D eigenvalue weighted by molar-refractivity contribution is -0.133. The molecule has 2 fully saturated rings. The molecule has 3 atom stereocenters. The second-order valence-corrected chi connectivity index (χ2v) is 12.3. The van der Waals surface area contributed by atoms with Crippen LogP contribution >= 0.6 is 0 Å². The van der Waals surface area contributed by atoms with E-state index in [-0.39, 0.29) is 42.2 Å². The van der Waals surface area contributed by atoms with Crippen molar-refractivity contribution in [3.05, 3.63) is 78.1 Å². The third kappa shape index (κ3) is 6.87. The van der Waals surface area contributed by atoms with Crippen LogP contribution in [0.2, 0.25) is 0 Å². The number of carbonyl (C=O) groups is 2. The first kappa shape index (κ1) is 26.9. The molecule has 1 aromatic heterocycles. The van der Waals surface area contributed by atoms with Crippen molar-refractivity contribution in [2.45, 2.75) is 37.3 Å². The second-order valence-electron chi connectivity index (χ2n) is 10.0. The molecule has 0 unspecified atom stereocenters. The van der Waals surface area contributed by atoms with Gasteiger partial charge in [-0.25, -0.2) is 12.8 Å². The number of nitrogens with zero attached hydrogens (tertiary/aromatic N) is 4. The second kappa shape index (κ2) is 11.6. The van der Waals surface area contributed by atoms with Crippen molar-refractivity contribution in [2.75, 3.05) is 31.1 Å². The molecule has 2 aliphatic rings. The number of hydrogen-bond acceptors (Lipinski definition) is 7. The number of amides is 2. The molecule has 39 heavy (non-hydrogen) atoms. The summed E-state index contributed by atoms with van der Waals surface area (Å²) >= 11 is 0. The van der Waals surface area contributed by atoms with Crippen molar-refractivity contribution >= 4 is 21.7 Å². The Balaban J connectivity index is 1.18. The molecule has 2 amide bonds. The van der Waals surface area contributed by atoms with Gasteiger partial charge in [0.15, 0.2) is 9.84 Å². The summed E-state index contributed by atoms with van der Waals surface area (Å²) < 4.78 is 38.6. The number of nitrogens with one attached hydrogen (secondary N) is 2. The number of halogens is 1. The van der Waals surface area contributed by atoms with Crippen LogP contribution < -0.4 is 10.6 Å². The Morgan fingerprint density at radius 3 is 2.33 bits per heavy atom. The van der Waals surface area contributed by atoms with E-state index in [0.717, 1.165) is 17.7 Å². The number of sulfone groups is 1. The quantitative estimate of drug-likeness (QED) is 0.365. The maximum atomic E-state index is 13.3. The highest BCUT2D eigenvalue weighted by Gasteiger charge is 2.38. The maximum absolute atomic E-state index is 13.3. The zero-order valence-electron chi connectivity index (χ0n) is 21.4. The summed E-state index contributed by atoms with van der Waals surface area (Å²) in [6.45, 7) is 0.908. The van der Waals surface area contributed by atoms with E-state index in [0.29, 0.717) is 36.9 Å². The Bertz CT molecular complexity index is 1380. The first-order valence-electron chi connectivity index (χ1n) is 13.0. The van der Waals surface area contributed by atoms with E-state index < -0.39 is 15.9 Å². The van der Waals surface area contributed by atoms with Crippen LogP contribution in [0.5, 0.6) is 0 Å². The summed E-state index contributed by atoms with van der Waals surface area (Å²) in [7, 11) is -3.14. The van der Waals surface area contributed by atoms with Gasteiger partial charge in [0.2, 0.25) is 5.91 Å². The predicted molar refractivity (Wildman–Crippen MR) is 143 cm³/mol. The number of carbonyl (C=O) groups excluding carboxylic acids is 2. The van der Waals surface area contributed by atoms with Gasteiger partial charge in [-0.2, -0.15) is 0 Å². The summed E-state index contributed by atoms with van der Waals surface area (Å²) in [5.41, 5.74) is 2.30. The topological polar surface area (TPSA) is 126 Å². The Hall–Kier alpha value is -3.64. The van der Waals surface area contributed by atoms with E-state index in [2.05, 4.69) is 20.8 Å². The van der Waals surface area contributed by atoms with Crippen LogP contribution in [0.3, 0.4) is 0 Å².